The summed E-state index contributed by atoms with van der Waals surface area (Å²) >= 11 is 3.49. The van der Waals surface area contributed by atoms with Crippen LogP contribution in [0.5, 0.6) is 0 Å². The van der Waals surface area contributed by atoms with Gasteiger partial charge >= 0.3 is 0 Å². The van der Waals surface area contributed by atoms with E-state index in [1.165, 1.54) is 16.7 Å². The van der Waals surface area contributed by atoms with Gasteiger partial charge in [-0.1, -0.05) is 59.7 Å². The summed E-state index contributed by atoms with van der Waals surface area (Å²) in [7, 11) is 3.85. The van der Waals surface area contributed by atoms with Crippen molar-refractivity contribution in [3.8, 4) is 22.5 Å². The third kappa shape index (κ3) is 4.95. The summed E-state index contributed by atoms with van der Waals surface area (Å²) in [6.07, 6.45) is 3.91. The van der Waals surface area contributed by atoms with Crippen LogP contribution >= 0.6 is 15.9 Å². The standard InChI is InChI=1S/C11H11BrN2.C11H12N2/c1-8-3-5-9(6-4-8)11-10(12)7-14(2)13-11;1-9-3-5-10(6-4-9)11-7-8-13(2)12-11/h3-7H,1-2H3;3-8H,1-2H3. The molecular formula is C22H23BrN4. The first-order valence-corrected chi connectivity index (χ1v) is 9.54. The molecule has 2 heterocycles. The summed E-state index contributed by atoms with van der Waals surface area (Å²) < 4.78 is 4.65. The quantitative estimate of drug-likeness (QED) is 0.424. The predicted molar refractivity (Wildman–Crippen MR) is 114 cm³/mol. The van der Waals surface area contributed by atoms with Gasteiger partial charge in [0.05, 0.1) is 10.2 Å². The Balaban J connectivity index is 0.000000156. The highest BCUT2D eigenvalue weighted by molar-refractivity contribution is 9.10. The van der Waals surface area contributed by atoms with E-state index in [4.69, 9.17) is 0 Å². The Hall–Kier alpha value is -2.66. The Labute approximate surface area is 168 Å². The van der Waals surface area contributed by atoms with Crippen molar-refractivity contribution in [2.75, 3.05) is 0 Å². The highest BCUT2D eigenvalue weighted by Gasteiger charge is 2.06. The van der Waals surface area contributed by atoms with E-state index in [2.05, 4.69) is 88.5 Å². The molecule has 0 fully saturated rings. The molecular weight excluding hydrogens is 400 g/mol. The molecule has 0 aliphatic heterocycles. The first-order valence-electron chi connectivity index (χ1n) is 8.75. The average molecular weight is 423 g/mol. The number of halogens is 1. The number of benzene rings is 2. The highest BCUT2D eigenvalue weighted by atomic mass is 79.9. The molecule has 4 aromatic rings. The van der Waals surface area contributed by atoms with Crippen molar-refractivity contribution in [2.24, 2.45) is 14.1 Å². The molecule has 0 spiro atoms. The lowest BCUT2D eigenvalue weighted by molar-refractivity contribution is 0.770. The zero-order valence-electron chi connectivity index (χ0n) is 16.0. The van der Waals surface area contributed by atoms with Crippen molar-refractivity contribution < 1.29 is 0 Å². The van der Waals surface area contributed by atoms with Crippen molar-refractivity contribution in [3.63, 3.8) is 0 Å². The first kappa shape index (κ1) is 19.1. The lowest BCUT2D eigenvalue weighted by atomic mass is 10.1. The van der Waals surface area contributed by atoms with Gasteiger partial charge in [0.2, 0.25) is 0 Å². The van der Waals surface area contributed by atoms with E-state index >= 15 is 0 Å². The Kier molecular flexibility index (Phi) is 5.91. The fraction of sp³-hybridized carbons (Fsp3) is 0.182. The molecule has 2 aromatic carbocycles. The number of aryl methyl sites for hydroxylation is 4. The Bertz CT molecular complexity index is 1010. The zero-order valence-corrected chi connectivity index (χ0v) is 17.6. The summed E-state index contributed by atoms with van der Waals surface area (Å²) in [5.74, 6) is 0. The molecule has 5 heteroatoms. The summed E-state index contributed by atoms with van der Waals surface area (Å²) in [5, 5.41) is 8.71. The fourth-order valence-corrected chi connectivity index (χ4v) is 3.26. The second kappa shape index (κ2) is 8.35. The number of hydrogen-bond acceptors (Lipinski definition) is 2. The van der Waals surface area contributed by atoms with Crippen LogP contribution < -0.4 is 0 Å². The van der Waals surface area contributed by atoms with Crippen LogP contribution in [0.25, 0.3) is 22.5 Å². The van der Waals surface area contributed by atoms with E-state index < -0.39 is 0 Å². The third-order valence-electron chi connectivity index (χ3n) is 4.17. The maximum atomic E-state index is 4.38. The Morgan fingerprint density at radius 1 is 0.704 bits per heavy atom. The van der Waals surface area contributed by atoms with E-state index in [-0.39, 0.29) is 0 Å². The lowest BCUT2D eigenvalue weighted by Crippen LogP contribution is -1.87. The largest absolute Gasteiger partial charge is 0.275 e. The van der Waals surface area contributed by atoms with Crippen LogP contribution in [0.2, 0.25) is 0 Å². The highest BCUT2D eigenvalue weighted by Crippen LogP contribution is 2.26. The zero-order chi connectivity index (χ0) is 19.4. The molecule has 2 aromatic heterocycles. The number of nitrogens with zero attached hydrogens (tertiary/aromatic N) is 4. The molecule has 0 atom stereocenters. The summed E-state index contributed by atoms with van der Waals surface area (Å²) in [5.41, 5.74) is 6.88. The van der Waals surface area contributed by atoms with E-state index in [1.54, 1.807) is 4.68 Å². The third-order valence-corrected chi connectivity index (χ3v) is 4.75. The maximum absolute atomic E-state index is 4.38. The predicted octanol–water partition coefficient (Wildman–Crippen LogP) is 5.55. The average Bonchev–Trinajstić information content (AvgIpc) is 3.22. The van der Waals surface area contributed by atoms with Crippen molar-refractivity contribution >= 4 is 15.9 Å². The summed E-state index contributed by atoms with van der Waals surface area (Å²) in [6.45, 7) is 4.17. The second-order valence-electron chi connectivity index (χ2n) is 6.61. The maximum Gasteiger partial charge on any atom is 0.106 e. The molecule has 0 unspecified atom stereocenters. The van der Waals surface area contributed by atoms with Crippen molar-refractivity contribution in [1.29, 1.82) is 0 Å². The molecule has 0 bridgehead atoms. The molecule has 0 saturated heterocycles. The second-order valence-corrected chi connectivity index (χ2v) is 7.46. The van der Waals surface area contributed by atoms with Gasteiger partial charge in [-0.2, -0.15) is 10.2 Å². The molecule has 0 saturated carbocycles. The van der Waals surface area contributed by atoms with Gasteiger partial charge in [-0.05, 0) is 35.8 Å². The Morgan fingerprint density at radius 2 is 1.26 bits per heavy atom. The molecule has 4 rings (SSSR count). The van der Waals surface area contributed by atoms with E-state index in [1.807, 2.05) is 37.2 Å². The van der Waals surface area contributed by atoms with Gasteiger partial charge in [-0.3, -0.25) is 9.36 Å². The molecule has 0 radical (unpaired) electrons. The van der Waals surface area contributed by atoms with Crippen LogP contribution in [-0.4, -0.2) is 19.6 Å². The lowest BCUT2D eigenvalue weighted by Gasteiger charge is -1.98. The van der Waals surface area contributed by atoms with Crippen LogP contribution in [0, 0.1) is 13.8 Å². The van der Waals surface area contributed by atoms with E-state index in [9.17, 15) is 0 Å². The normalized spacial score (nSPS) is 10.4. The summed E-state index contributed by atoms with van der Waals surface area (Å²) in [4.78, 5) is 0. The molecule has 0 aliphatic carbocycles. The van der Waals surface area contributed by atoms with Gasteiger partial charge in [0.1, 0.15) is 5.69 Å². The minimum atomic E-state index is 0.993. The fourth-order valence-electron chi connectivity index (χ4n) is 2.66. The van der Waals surface area contributed by atoms with Gasteiger partial charge in [0.15, 0.2) is 0 Å². The molecule has 138 valence electrons. The monoisotopic (exact) mass is 422 g/mol. The van der Waals surface area contributed by atoms with Crippen LogP contribution in [0.3, 0.4) is 0 Å². The number of hydrogen-bond donors (Lipinski definition) is 0. The van der Waals surface area contributed by atoms with Gasteiger partial charge < -0.3 is 0 Å². The smallest absolute Gasteiger partial charge is 0.106 e. The van der Waals surface area contributed by atoms with Crippen LogP contribution in [0.15, 0.2) is 71.5 Å². The van der Waals surface area contributed by atoms with Gasteiger partial charge in [0, 0.05) is 37.6 Å². The summed E-state index contributed by atoms with van der Waals surface area (Å²) in [6, 6.07) is 18.8. The molecule has 0 amide bonds. The van der Waals surface area contributed by atoms with Gasteiger partial charge in [-0.25, -0.2) is 0 Å². The van der Waals surface area contributed by atoms with Crippen molar-refractivity contribution in [3.05, 3.63) is 82.6 Å². The Morgan fingerprint density at radius 3 is 1.70 bits per heavy atom. The van der Waals surface area contributed by atoms with Crippen molar-refractivity contribution in [1.82, 2.24) is 19.6 Å². The molecule has 0 N–H and O–H groups in total. The van der Waals surface area contributed by atoms with Crippen LogP contribution in [-0.2, 0) is 14.1 Å². The topological polar surface area (TPSA) is 35.6 Å². The number of rotatable bonds is 2. The van der Waals surface area contributed by atoms with Gasteiger partial charge in [0.25, 0.3) is 0 Å². The SMILES string of the molecule is Cc1ccc(-c2ccn(C)n2)cc1.Cc1ccc(-c2nn(C)cc2Br)cc1. The molecule has 27 heavy (non-hydrogen) atoms. The van der Waals surface area contributed by atoms with E-state index in [0.29, 0.717) is 0 Å². The van der Waals surface area contributed by atoms with Crippen molar-refractivity contribution in [2.45, 2.75) is 13.8 Å². The minimum absolute atomic E-state index is 0.993. The number of aromatic nitrogens is 4. The first-order chi connectivity index (χ1) is 12.9. The van der Waals surface area contributed by atoms with E-state index in [0.717, 1.165) is 21.4 Å². The molecule has 0 aliphatic rings. The van der Waals surface area contributed by atoms with Crippen LogP contribution in [0.4, 0.5) is 0 Å². The van der Waals surface area contributed by atoms with Crippen LogP contribution in [0.1, 0.15) is 11.1 Å². The van der Waals surface area contributed by atoms with Gasteiger partial charge in [-0.15, -0.1) is 0 Å². The minimum Gasteiger partial charge on any atom is -0.275 e. The molecule has 4 nitrogen and oxygen atoms in total.